The third kappa shape index (κ3) is 2.83. The van der Waals surface area contributed by atoms with Crippen LogP contribution in [0, 0.1) is 0 Å². The summed E-state index contributed by atoms with van der Waals surface area (Å²) in [6.45, 7) is 0.170. The first-order valence-electron chi connectivity index (χ1n) is 8.12. The van der Waals surface area contributed by atoms with Gasteiger partial charge in [0.15, 0.2) is 12.0 Å². The molecule has 4 rings (SSSR count). The summed E-state index contributed by atoms with van der Waals surface area (Å²) in [5.74, 6) is -0.715. The second-order valence-corrected chi connectivity index (χ2v) is 5.87. The lowest BCUT2D eigenvalue weighted by Crippen LogP contribution is -2.31. The SMILES string of the molecule is O=C(CCCN1C(=O)c2ccccc2C1=O)Oc1ccc2ocnc2c1. The first-order chi connectivity index (χ1) is 12.6. The second-order valence-electron chi connectivity index (χ2n) is 5.87. The number of ether oxygens (including phenoxy) is 1. The maximum Gasteiger partial charge on any atom is 0.311 e. The van der Waals surface area contributed by atoms with Gasteiger partial charge in [0.1, 0.15) is 11.3 Å². The van der Waals surface area contributed by atoms with Crippen LogP contribution in [0.3, 0.4) is 0 Å². The van der Waals surface area contributed by atoms with Gasteiger partial charge < -0.3 is 9.15 Å². The summed E-state index contributed by atoms with van der Waals surface area (Å²) in [6, 6.07) is 11.6. The predicted octanol–water partition coefficient (Wildman–Crippen LogP) is 2.81. The number of fused-ring (bicyclic) bond motifs is 2. The molecular weight excluding hydrogens is 336 g/mol. The van der Waals surface area contributed by atoms with E-state index in [0.29, 0.717) is 34.4 Å². The van der Waals surface area contributed by atoms with Crippen molar-refractivity contribution in [3.05, 3.63) is 60.0 Å². The number of imide groups is 1. The number of nitrogens with zero attached hydrogens (tertiary/aromatic N) is 2. The molecule has 1 aliphatic rings. The van der Waals surface area contributed by atoms with Crippen molar-refractivity contribution in [2.45, 2.75) is 12.8 Å². The molecule has 7 heteroatoms. The maximum absolute atomic E-state index is 12.2. The number of hydrogen-bond acceptors (Lipinski definition) is 6. The Morgan fingerprint density at radius 3 is 2.54 bits per heavy atom. The Morgan fingerprint density at radius 1 is 1.08 bits per heavy atom. The highest BCUT2D eigenvalue weighted by Crippen LogP contribution is 2.23. The molecule has 0 radical (unpaired) electrons. The van der Waals surface area contributed by atoms with E-state index in [1.807, 2.05) is 0 Å². The van der Waals surface area contributed by atoms with Gasteiger partial charge in [0.2, 0.25) is 0 Å². The third-order valence-electron chi connectivity index (χ3n) is 4.17. The van der Waals surface area contributed by atoms with Gasteiger partial charge in [0.05, 0.1) is 11.1 Å². The molecule has 0 spiro atoms. The molecule has 0 fully saturated rings. The van der Waals surface area contributed by atoms with E-state index in [4.69, 9.17) is 9.15 Å². The fraction of sp³-hybridized carbons (Fsp3) is 0.158. The highest BCUT2D eigenvalue weighted by atomic mass is 16.5. The number of hydrogen-bond donors (Lipinski definition) is 0. The summed E-state index contributed by atoms with van der Waals surface area (Å²) < 4.78 is 10.4. The fourth-order valence-electron chi connectivity index (χ4n) is 2.91. The lowest BCUT2D eigenvalue weighted by atomic mass is 10.1. The Labute approximate surface area is 148 Å². The molecule has 130 valence electrons. The number of amides is 2. The van der Waals surface area contributed by atoms with Gasteiger partial charge >= 0.3 is 5.97 Å². The lowest BCUT2D eigenvalue weighted by molar-refractivity contribution is -0.134. The summed E-state index contributed by atoms with van der Waals surface area (Å²) in [5.41, 5.74) is 2.01. The quantitative estimate of drug-likeness (QED) is 0.399. The van der Waals surface area contributed by atoms with Crippen LogP contribution in [0.5, 0.6) is 5.75 Å². The number of oxazole rings is 1. The summed E-state index contributed by atoms with van der Waals surface area (Å²) in [6.07, 6.45) is 1.74. The van der Waals surface area contributed by atoms with Crippen molar-refractivity contribution in [1.82, 2.24) is 9.88 Å². The molecule has 0 atom stereocenters. The van der Waals surface area contributed by atoms with Crippen LogP contribution in [-0.2, 0) is 4.79 Å². The molecular formula is C19H14N2O5. The van der Waals surface area contributed by atoms with Crippen LogP contribution < -0.4 is 4.74 Å². The van der Waals surface area contributed by atoms with Gasteiger partial charge in [-0.2, -0.15) is 0 Å². The van der Waals surface area contributed by atoms with E-state index < -0.39 is 5.97 Å². The normalized spacial score (nSPS) is 13.3. The molecule has 2 amide bonds. The number of aromatic nitrogens is 1. The average Bonchev–Trinajstić information content (AvgIpc) is 3.20. The largest absolute Gasteiger partial charge is 0.443 e. The van der Waals surface area contributed by atoms with Crippen molar-refractivity contribution in [3.8, 4) is 5.75 Å². The molecule has 0 bridgehead atoms. The van der Waals surface area contributed by atoms with E-state index >= 15 is 0 Å². The Kier molecular flexibility index (Phi) is 3.96. The molecule has 26 heavy (non-hydrogen) atoms. The summed E-state index contributed by atoms with van der Waals surface area (Å²) in [5, 5.41) is 0. The summed E-state index contributed by atoms with van der Waals surface area (Å²) in [7, 11) is 0. The number of rotatable bonds is 5. The van der Waals surface area contributed by atoms with Gasteiger partial charge in [-0.1, -0.05) is 12.1 Å². The Balaban J connectivity index is 1.33. The number of carbonyl (C=O) groups is 3. The van der Waals surface area contributed by atoms with Crippen molar-refractivity contribution < 1.29 is 23.5 Å². The van der Waals surface area contributed by atoms with Crippen LogP contribution in [0.25, 0.3) is 11.1 Å². The fourth-order valence-corrected chi connectivity index (χ4v) is 2.91. The minimum Gasteiger partial charge on any atom is -0.443 e. The zero-order chi connectivity index (χ0) is 18.1. The molecule has 0 saturated carbocycles. The van der Waals surface area contributed by atoms with Crippen molar-refractivity contribution in [3.63, 3.8) is 0 Å². The van der Waals surface area contributed by atoms with Crippen LogP contribution >= 0.6 is 0 Å². The Morgan fingerprint density at radius 2 is 1.81 bits per heavy atom. The Bertz CT molecular complexity index is 988. The smallest absolute Gasteiger partial charge is 0.311 e. The average molecular weight is 350 g/mol. The zero-order valence-electron chi connectivity index (χ0n) is 13.7. The summed E-state index contributed by atoms with van der Waals surface area (Å²) in [4.78, 5) is 41.6. The first kappa shape index (κ1) is 16.0. The van der Waals surface area contributed by atoms with Gasteiger partial charge in [-0.05, 0) is 30.7 Å². The van der Waals surface area contributed by atoms with Gasteiger partial charge in [0, 0.05) is 19.0 Å². The molecule has 3 aromatic rings. The minimum absolute atomic E-state index is 0.0876. The monoisotopic (exact) mass is 350 g/mol. The molecule has 2 heterocycles. The van der Waals surface area contributed by atoms with E-state index in [9.17, 15) is 14.4 Å². The van der Waals surface area contributed by atoms with Gasteiger partial charge in [0.25, 0.3) is 11.8 Å². The molecule has 0 unspecified atom stereocenters. The van der Waals surface area contributed by atoms with Gasteiger partial charge in [-0.3, -0.25) is 19.3 Å². The van der Waals surface area contributed by atoms with Crippen LogP contribution in [0.4, 0.5) is 0 Å². The predicted molar refractivity (Wildman–Crippen MR) is 90.7 cm³/mol. The molecule has 2 aromatic carbocycles. The van der Waals surface area contributed by atoms with Gasteiger partial charge in [-0.15, -0.1) is 0 Å². The topological polar surface area (TPSA) is 89.7 Å². The van der Waals surface area contributed by atoms with Crippen LogP contribution in [0.2, 0.25) is 0 Å². The molecule has 0 saturated heterocycles. The van der Waals surface area contributed by atoms with Crippen LogP contribution in [-0.4, -0.2) is 34.2 Å². The van der Waals surface area contributed by atoms with Crippen molar-refractivity contribution in [1.29, 1.82) is 0 Å². The molecule has 7 nitrogen and oxygen atoms in total. The summed E-state index contributed by atoms with van der Waals surface area (Å²) >= 11 is 0. The zero-order valence-corrected chi connectivity index (χ0v) is 13.7. The van der Waals surface area contributed by atoms with E-state index in [2.05, 4.69) is 4.98 Å². The first-order valence-corrected chi connectivity index (χ1v) is 8.12. The highest BCUT2D eigenvalue weighted by molar-refractivity contribution is 6.21. The van der Waals surface area contributed by atoms with Crippen LogP contribution in [0.1, 0.15) is 33.6 Å². The van der Waals surface area contributed by atoms with E-state index in [1.54, 1.807) is 42.5 Å². The maximum atomic E-state index is 12.2. The third-order valence-corrected chi connectivity index (χ3v) is 4.17. The van der Waals surface area contributed by atoms with E-state index in [1.165, 1.54) is 11.3 Å². The second kappa shape index (κ2) is 6.44. The number of carbonyl (C=O) groups excluding carboxylic acids is 3. The van der Waals surface area contributed by atoms with Crippen LogP contribution in [0.15, 0.2) is 53.3 Å². The van der Waals surface area contributed by atoms with Crippen molar-refractivity contribution in [2.24, 2.45) is 0 Å². The number of esters is 1. The van der Waals surface area contributed by atoms with Crippen molar-refractivity contribution >= 4 is 28.9 Å². The number of benzene rings is 2. The molecule has 1 aliphatic heterocycles. The van der Waals surface area contributed by atoms with E-state index in [0.717, 1.165) is 0 Å². The minimum atomic E-state index is -0.440. The standard InChI is InChI=1S/C19H14N2O5/c22-17(26-12-7-8-16-15(10-12)20-11-25-16)6-3-9-21-18(23)13-4-1-2-5-14(13)19(21)24/h1-2,4-5,7-8,10-11H,3,6,9H2. The molecule has 1 aromatic heterocycles. The lowest BCUT2D eigenvalue weighted by Gasteiger charge is -2.13. The Hall–Kier alpha value is -3.48. The van der Waals surface area contributed by atoms with Gasteiger partial charge in [-0.25, -0.2) is 4.98 Å². The molecule has 0 N–H and O–H groups in total. The van der Waals surface area contributed by atoms with Crippen molar-refractivity contribution in [2.75, 3.05) is 6.54 Å². The molecule has 0 aliphatic carbocycles. The van der Waals surface area contributed by atoms with E-state index in [-0.39, 0.29) is 24.8 Å². The highest BCUT2D eigenvalue weighted by Gasteiger charge is 2.34.